The normalized spacial score (nSPS) is 12.4. The molecule has 0 amide bonds. The van der Waals surface area contributed by atoms with E-state index in [2.05, 4.69) is 32.4 Å². The number of hydrogen-bond acceptors (Lipinski definition) is 12. The van der Waals surface area contributed by atoms with Crippen molar-refractivity contribution in [2.75, 3.05) is 29.5 Å². The zero-order valence-corrected chi connectivity index (χ0v) is 25.0. The SMILES string of the molecule is C=CS(=O)(=O)CCNc1nc(NCCCC)c(C#N)c(C)c1N=Nc1c(S(=O)(=O)O)cc(S(=O)(=O)O)c2ccccc12. The first-order chi connectivity index (χ1) is 19.6. The van der Waals surface area contributed by atoms with Crippen molar-refractivity contribution in [3.05, 3.63) is 53.4 Å². The Morgan fingerprint density at radius 3 is 2.12 bits per heavy atom. The Morgan fingerprint density at radius 1 is 0.952 bits per heavy atom. The highest BCUT2D eigenvalue weighted by Crippen LogP contribution is 2.40. The number of unbranched alkanes of at least 4 members (excludes halogenated alkanes) is 1. The monoisotopic (exact) mass is 636 g/mol. The van der Waals surface area contributed by atoms with Crippen LogP contribution < -0.4 is 10.6 Å². The van der Waals surface area contributed by atoms with Gasteiger partial charge in [-0.25, -0.2) is 13.4 Å². The summed E-state index contributed by atoms with van der Waals surface area (Å²) in [5, 5.41) is 24.6. The van der Waals surface area contributed by atoms with Gasteiger partial charge in [-0.05, 0) is 19.4 Å². The van der Waals surface area contributed by atoms with Crippen molar-refractivity contribution in [1.29, 1.82) is 5.26 Å². The summed E-state index contributed by atoms with van der Waals surface area (Å²) in [4.78, 5) is 2.69. The zero-order chi connectivity index (χ0) is 31.3. The Kier molecular flexibility index (Phi) is 10.0. The Balaban J connectivity index is 2.29. The number of pyridine rings is 1. The molecule has 4 N–H and O–H groups in total. The highest BCUT2D eigenvalue weighted by atomic mass is 32.2. The van der Waals surface area contributed by atoms with Gasteiger partial charge in [0.25, 0.3) is 20.2 Å². The molecule has 14 nitrogen and oxygen atoms in total. The van der Waals surface area contributed by atoms with Gasteiger partial charge in [0.05, 0.1) is 11.3 Å². The van der Waals surface area contributed by atoms with Gasteiger partial charge in [0.1, 0.15) is 33.1 Å². The fourth-order valence-corrected chi connectivity index (χ4v) is 5.91. The lowest BCUT2D eigenvalue weighted by Gasteiger charge is -2.16. The number of nitriles is 1. The number of fused-ring (bicyclic) bond motifs is 1. The maximum absolute atomic E-state index is 12.3. The maximum Gasteiger partial charge on any atom is 0.296 e. The minimum atomic E-state index is -5.10. The minimum Gasteiger partial charge on any atom is -0.369 e. The van der Waals surface area contributed by atoms with E-state index in [4.69, 9.17) is 0 Å². The molecular weight excluding hydrogens is 609 g/mol. The van der Waals surface area contributed by atoms with Crippen molar-refractivity contribution in [2.45, 2.75) is 36.5 Å². The molecule has 0 saturated heterocycles. The standard InChI is InChI=1S/C25H28N6O8S3/c1-4-6-11-27-24-19(15-26)16(3)22(25(29-24)28-12-13-40(32,33)5-2)30-31-23-18-10-8-7-9-17(18)20(41(34,35)36)14-21(23)42(37,38)39/h5,7-10,14H,2,4,6,11-13H2,1,3H3,(H2,27,28,29)(H,34,35,36)(H,37,38,39). The molecular formula is C25H28N6O8S3. The van der Waals surface area contributed by atoms with Crippen LogP contribution in [0.1, 0.15) is 30.9 Å². The Morgan fingerprint density at radius 2 is 1.55 bits per heavy atom. The number of nitrogens with zero attached hydrogens (tertiary/aromatic N) is 4. The third-order valence-corrected chi connectivity index (χ3v) is 9.07. The first-order valence-corrected chi connectivity index (χ1v) is 16.9. The lowest BCUT2D eigenvalue weighted by Crippen LogP contribution is -2.15. The van der Waals surface area contributed by atoms with Gasteiger partial charge in [-0.15, -0.1) is 10.2 Å². The topological polar surface area (TPSA) is 228 Å². The van der Waals surface area contributed by atoms with Crippen LogP contribution in [0, 0.1) is 18.3 Å². The van der Waals surface area contributed by atoms with E-state index in [0.29, 0.717) is 12.6 Å². The van der Waals surface area contributed by atoms with Crippen molar-refractivity contribution >= 4 is 63.9 Å². The van der Waals surface area contributed by atoms with Crippen LogP contribution in [0.2, 0.25) is 0 Å². The number of rotatable bonds is 13. The van der Waals surface area contributed by atoms with E-state index in [1.54, 1.807) is 0 Å². The number of hydrogen-bond donors (Lipinski definition) is 4. The maximum atomic E-state index is 12.3. The number of azo groups is 1. The molecule has 1 heterocycles. The van der Waals surface area contributed by atoms with Gasteiger partial charge in [-0.1, -0.05) is 44.2 Å². The third-order valence-electron chi connectivity index (χ3n) is 6.03. The van der Waals surface area contributed by atoms with Gasteiger partial charge in [0.2, 0.25) is 0 Å². The smallest absolute Gasteiger partial charge is 0.296 e. The average molecular weight is 637 g/mol. The number of nitrogens with one attached hydrogen (secondary N) is 2. The molecule has 0 aliphatic carbocycles. The molecule has 0 bridgehead atoms. The molecule has 0 aliphatic rings. The number of anilines is 2. The fourth-order valence-electron chi connectivity index (χ4n) is 3.90. The first kappa shape index (κ1) is 32.6. The van der Waals surface area contributed by atoms with E-state index < -0.39 is 45.6 Å². The largest absolute Gasteiger partial charge is 0.369 e. The van der Waals surface area contributed by atoms with Crippen LogP contribution >= 0.6 is 0 Å². The van der Waals surface area contributed by atoms with E-state index >= 15 is 0 Å². The van der Waals surface area contributed by atoms with Crippen LogP contribution in [0.25, 0.3) is 10.8 Å². The van der Waals surface area contributed by atoms with E-state index in [1.165, 1.54) is 31.2 Å². The summed E-state index contributed by atoms with van der Waals surface area (Å²) in [6, 6.07) is 8.12. The molecule has 42 heavy (non-hydrogen) atoms. The van der Waals surface area contributed by atoms with E-state index in [1.807, 2.05) is 13.0 Å². The van der Waals surface area contributed by atoms with E-state index in [-0.39, 0.29) is 51.5 Å². The first-order valence-electron chi connectivity index (χ1n) is 12.3. The summed E-state index contributed by atoms with van der Waals surface area (Å²) in [6.07, 6.45) is 1.64. The molecule has 0 spiro atoms. The van der Waals surface area contributed by atoms with Crippen LogP contribution in [0.3, 0.4) is 0 Å². The second kappa shape index (κ2) is 12.9. The molecule has 0 atom stereocenters. The quantitative estimate of drug-likeness (QED) is 0.115. The predicted octanol–water partition coefficient (Wildman–Crippen LogP) is 4.51. The molecule has 3 rings (SSSR count). The van der Waals surface area contributed by atoms with Gasteiger partial charge < -0.3 is 10.6 Å². The van der Waals surface area contributed by atoms with Gasteiger partial charge in [-0.3, -0.25) is 9.11 Å². The summed E-state index contributed by atoms with van der Waals surface area (Å²) >= 11 is 0. The third kappa shape index (κ3) is 7.46. The van der Waals surface area contributed by atoms with E-state index in [9.17, 15) is 39.6 Å². The molecule has 224 valence electrons. The van der Waals surface area contributed by atoms with Crippen LogP contribution in [-0.2, 0) is 30.1 Å². The highest BCUT2D eigenvalue weighted by Gasteiger charge is 2.26. The van der Waals surface area contributed by atoms with Crippen molar-refractivity contribution in [3.8, 4) is 6.07 Å². The summed E-state index contributed by atoms with van der Waals surface area (Å²) in [5.74, 6) is -0.125. The summed E-state index contributed by atoms with van der Waals surface area (Å²) < 4.78 is 92.1. The lowest BCUT2D eigenvalue weighted by molar-refractivity contribution is 0.482. The number of aromatic nitrogens is 1. The van der Waals surface area contributed by atoms with Crippen molar-refractivity contribution in [1.82, 2.24) is 4.98 Å². The van der Waals surface area contributed by atoms with Gasteiger partial charge in [-0.2, -0.15) is 22.1 Å². The second-order valence-corrected chi connectivity index (χ2v) is 13.8. The molecule has 0 saturated carbocycles. The molecule has 0 radical (unpaired) electrons. The lowest BCUT2D eigenvalue weighted by atomic mass is 10.1. The Bertz CT molecular complexity index is 1930. The molecule has 17 heteroatoms. The van der Waals surface area contributed by atoms with Crippen LogP contribution in [0.5, 0.6) is 0 Å². The summed E-state index contributed by atoms with van der Waals surface area (Å²) in [7, 11) is -13.6. The van der Waals surface area contributed by atoms with Crippen molar-refractivity contribution in [2.24, 2.45) is 10.2 Å². The molecule has 2 aromatic carbocycles. The van der Waals surface area contributed by atoms with Crippen LogP contribution in [0.4, 0.5) is 23.0 Å². The Labute approximate surface area is 243 Å². The van der Waals surface area contributed by atoms with E-state index in [0.717, 1.165) is 18.2 Å². The highest BCUT2D eigenvalue weighted by molar-refractivity contribution is 7.94. The molecule has 0 unspecified atom stereocenters. The van der Waals surface area contributed by atoms with Gasteiger partial charge >= 0.3 is 0 Å². The molecule has 3 aromatic rings. The molecule has 0 fully saturated rings. The molecule has 0 aliphatic heterocycles. The summed E-state index contributed by atoms with van der Waals surface area (Å²) in [5.41, 5.74) is -0.140. The van der Waals surface area contributed by atoms with Crippen molar-refractivity contribution < 1.29 is 34.4 Å². The number of sulfone groups is 1. The Hall–Kier alpha value is -3.95. The van der Waals surface area contributed by atoms with Gasteiger partial charge in [0.15, 0.2) is 15.7 Å². The zero-order valence-electron chi connectivity index (χ0n) is 22.6. The average Bonchev–Trinajstić information content (AvgIpc) is 2.91. The van der Waals surface area contributed by atoms with Crippen LogP contribution in [0.15, 0.2) is 62.3 Å². The predicted molar refractivity (Wildman–Crippen MR) is 157 cm³/mol. The summed E-state index contributed by atoms with van der Waals surface area (Å²) in [6.45, 7) is 7.15. The van der Waals surface area contributed by atoms with Crippen molar-refractivity contribution in [3.63, 3.8) is 0 Å². The fraction of sp³-hybridized carbons (Fsp3) is 0.280. The minimum absolute atomic E-state index is 0.0146. The molecule has 1 aromatic heterocycles. The number of benzene rings is 2. The second-order valence-electron chi connectivity index (χ2n) is 8.93. The van der Waals surface area contributed by atoms with Gasteiger partial charge in [0, 0.05) is 34.8 Å². The van der Waals surface area contributed by atoms with Crippen LogP contribution in [-0.4, -0.2) is 58.2 Å².